The van der Waals surface area contributed by atoms with Crippen LogP contribution in [0.1, 0.15) is 51.5 Å². The van der Waals surface area contributed by atoms with Crippen LogP contribution in [0.4, 0.5) is 0 Å². The normalized spacial score (nSPS) is 14.3. The molecule has 8 heteroatoms. The van der Waals surface area contributed by atoms with E-state index in [0.29, 0.717) is 25.5 Å². The van der Waals surface area contributed by atoms with E-state index in [-0.39, 0.29) is 42.0 Å². The molecule has 0 atom stereocenters. The van der Waals surface area contributed by atoms with E-state index in [0.717, 1.165) is 29.9 Å². The van der Waals surface area contributed by atoms with E-state index in [1.807, 2.05) is 32.0 Å². The molecular weight excluding hydrogens is 483 g/mol. The Hall–Kier alpha value is -1.71. The first-order chi connectivity index (χ1) is 13.5. The summed E-state index contributed by atoms with van der Waals surface area (Å²) in [6.45, 7) is 4.97. The minimum Gasteiger partial charge on any atom is -0.493 e. The highest BCUT2D eigenvalue weighted by molar-refractivity contribution is 14.0. The van der Waals surface area contributed by atoms with E-state index in [9.17, 15) is 4.79 Å². The number of ether oxygens (including phenoxy) is 2. The third kappa shape index (κ3) is 8.67. The first-order valence-electron chi connectivity index (χ1n) is 10.1. The molecule has 1 aliphatic rings. The van der Waals surface area contributed by atoms with Crippen LogP contribution in [0.3, 0.4) is 0 Å². The maximum Gasteiger partial charge on any atom is 0.221 e. The number of halogens is 1. The summed E-state index contributed by atoms with van der Waals surface area (Å²) in [5, 5.41) is 9.34. The summed E-state index contributed by atoms with van der Waals surface area (Å²) in [7, 11) is 3.38. The van der Waals surface area contributed by atoms with Crippen molar-refractivity contribution in [3.8, 4) is 11.5 Å². The van der Waals surface area contributed by atoms with Crippen LogP contribution >= 0.6 is 24.0 Å². The minimum absolute atomic E-state index is 0. The maximum absolute atomic E-state index is 11.7. The van der Waals surface area contributed by atoms with Crippen LogP contribution in [-0.2, 0) is 11.3 Å². The quantitative estimate of drug-likeness (QED) is 0.266. The van der Waals surface area contributed by atoms with Crippen molar-refractivity contribution in [3.05, 3.63) is 23.8 Å². The SMILES string of the molecule is CN=C(NCCC(=O)NC(C)C)NCc1cccc(OC)c1OC1CCCC1.I. The molecule has 0 bridgehead atoms. The number of para-hydroxylation sites is 1. The highest BCUT2D eigenvalue weighted by atomic mass is 127. The molecule has 164 valence electrons. The molecule has 1 aromatic rings. The number of hydrogen-bond donors (Lipinski definition) is 3. The van der Waals surface area contributed by atoms with Gasteiger partial charge in [0.1, 0.15) is 0 Å². The third-order valence-electron chi connectivity index (χ3n) is 4.63. The van der Waals surface area contributed by atoms with E-state index >= 15 is 0 Å². The van der Waals surface area contributed by atoms with Crippen LogP contribution in [0.2, 0.25) is 0 Å². The Morgan fingerprint density at radius 1 is 1.24 bits per heavy atom. The molecule has 3 N–H and O–H groups in total. The summed E-state index contributed by atoms with van der Waals surface area (Å²) in [5.74, 6) is 2.22. The average Bonchev–Trinajstić information content (AvgIpc) is 3.17. The van der Waals surface area contributed by atoms with Crippen molar-refractivity contribution in [1.29, 1.82) is 0 Å². The lowest BCUT2D eigenvalue weighted by molar-refractivity contribution is -0.121. The number of hydrogen-bond acceptors (Lipinski definition) is 4. The van der Waals surface area contributed by atoms with E-state index in [1.165, 1.54) is 12.8 Å². The van der Waals surface area contributed by atoms with Crippen molar-refractivity contribution in [2.24, 2.45) is 4.99 Å². The van der Waals surface area contributed by atoms with Gasteiger partial charge in [0.15, 0.2) is 17.5 Å². The lowest BCUT2D eigenvalue weighted by atomic mass is 10.1. The van der Waals surface area contributed by atoms with Gasteiger partial charge in [-0.1, -0.05) is 12.1 Å². The lowest BCUT2D eigenvalue weighted by Crippen LogP contribution is -2.39. The smallest absolute Gasteiger partial charge is 0.221 e. The zero-order valence-corrected chi connectivity index (χ0v) is 20.2. The van der Waals surface area contributed by atoms with Crippen molar-refractivity contribution in [1.82, 2.24) is 16.0 Å². The number of carbonyl (C=O) groups is 1. The average molecular weight is 518 g/mol. The topological polar surface area (TPSA) is 84.0 Å². The fraction of sp³-hybridized carbons (Fsp3) is 0.619. The molecule has 0 saturated heterocycles. The molecule has 2 rings (SSSR count). The van der Waals surface area contributed by atoms with Crippen molar-refractivity contribution in [3.63, 3.8) is 0 Å². The molecule has 1 fully saturated rings. The fourth-order valence-corrected chi connectivity index (χ4v) is 3.26. The summed E-state index contributed by atoms with van der Waals surface area (Å²) in [4.78, 5) is 16.0. The molecule has 1 amide bonds. The lowest BCUT2D eigenvalue weighted by Gasteiger charge is -2.20. The number of methoxy groups -OCH3 is 1. The molecular formula is C21H35IN4O3. The van der Waals surface area contributed by atoms with E-state index in [2.05, 4.69) is 20.9 Å². The number of aliphatic imine (C=N–C) groups is 1. The van der Waals surface area contributed by atoms with E-state index in [1.54, 1.807) is 14.2 Å². The van der Waals surface area contributed by atoms with Crippen molar-refractivity contribution in [2.75, 3.05) is 20.7 Å². The second-order valence-electron chi connectivity index (χ2n) is 7.30. The minimum atomic E-state index is 0. The Labute approximate surface area is 191 Å². The Balaban J connectivity index is 0.00000420. The Morgan fingerprint density at radius 2 is 1.97 bits per heavy atom. The maximum atomic E-state index is 11.7. The Bertz CT molecular complexity index is 661. The number of nitrogens with one attached hydrogen (secondary N) is 3. The second kappa shape index (κ2) is 13.5. The largest absolute Gasteiger partial charge is 0.493 e. The van der Waals surface area contributed by atoms with Gasteiger partial charge in [-0.3, -0.25) is 9.79 Å². The second-order valence-corrected chi connectivity index (χ2v) is 7.30. The Morgan fingerprint density at radius 3 is 2.59 bits per heavy atom. The van der Waals surface area contributed by atoms with Crippen LogP contribution in [-0.4, -0.2) is 44.7 Å². The summed E-state index contributed by atoms with van der Waals surface area (Å²) in [6, 6.07) is 6.07. The molecule has 0 aromatic heterocycles. The highest BCUT2D eigenvalue weighted by Crippen LogP contribution is 2.34. The van der Waals surface area contributed by atoms with Gasteiger partial charge < -0.3 is 25.4 Å². The molecule has 0 heterocycles. The standard InChI is InChI=1S/C21H34N4O3.HI/c1-15(2)25-19(26)12-13-23-21(22-3)24-14-16-8-7-11-18(27-4)20(16)28-17-9-5-6-10-17;/h7-8,11,15,17H,5-6,9-10,12-14H2,1-4H3,(H,25,26)(H2,22,23,24);1H. The van der Waals surface area contributed by atoms with Crippen LogP contribution < -0.4 is 25.4 Å². The van der Waals surface area contributed by atoms with Gasteiger partial charge in [0, 0.05) is 38.2 Å². The molecule has 1 saturated carbocycles. The molecule has 7 nitrogen and oxygen atoms in total. The van der Waals surface area contributed by atoms with Crippen LogP contribution in [0.25, 0.3) is 0 Å². The van der Waals surface area contributed by atoms with Gasteiger partial charge >= 0.3 is 0 Å². The van der Waals surface area contributed by atoms with Crippen molar-refractivity contribution < 1.29 is 14.3 Å². The fourth-order valence-electron chi connectivity index (χ4n) is 3.26. The monoisotopic (exact) mass is 518 g/mol. The number of benzene rings is 1. The molecule has 0 radical (unpaired) electrons. The number of nitrogens with zero attached hydrogens (tertiary/aromatic N) is 1. The molecule has 0 aliphatic heterocycles. The van der Waals surface area contributed by atoms with Gasteiger partial charge in [-0.2, -0.15) is 0 Å². The molecule has 1 aromatic carbocycles. The summed E-state index contributed by atoms with van der Waals surface area (Å²) in [6.07, 6.45) is 5.27. The number of amides is 1. The number of guanidine groups is 1. The van der Waals surface area contributed by atoms with Crippen molar-refractivity contribution >= 4 is 35.8 Å². The van der Waals surface area contributed by atoms with Crippen LogP contribution in [0, 0.1) is 0 Å². The van der Waals surface area contributed by atoms with Crippen LogP contribution in [0.5, 0.6) is 11.5 Å². The molecule has 0 unspecified atom stereocenters. The predicted octanol–water partition coefficient (Wildman–Crippen LogP) is 3.21. The van der Waals surface area contributed by atoms with E-state index in [4.69, 9.17) is 9.47 Å². The Kier molecular flexibility index (Phi) is 11.8. The van der Waals surface area contributed by atoms with Gasteiger partial charge in [-0.15, -0.1) is 24.0 Å². The molecule has 29 heavy (non-hydrogen) atoms. The third-order valence-corrected chi connectivity index (χ3v) is 4.63. The van der Waals surface area contributed by atoms with Gasteiger partial charge in [-0.25, -0.2) is 0 Å². The van der Waals surface area contributed by atoms with Gasteiger partial charge in [0.2, 0.25) is 5.91 Å². The van der Waals surface area contributed by atoms with E-state index < -0.39 is 0 Å². The van der Waals surface area contributed by atoms with Gasteiger partial charge in [-0.05, 0) is 45.6 Å². The van der Waals surface area contributed by atoms with Crippen molar-refractivity contribution in [2.45, 2.75) is 64.6 Å². The number of carbonyl (C=O) groups excluding carboxylic acids is 1. The summed E-state index contributed by atoms with van der Waals surface area (Å²) in [5.41, 5.74) is 1.02. The predicted molar refractivity (Wildman–Crippen MR) is 127 cm³/mol. The zero-order valence-electron chi connectivity index (χ0n) is 17.9. The van der Waals surface area contributed by atoms with Gasteiger partial charge in [0.25, 0.3) is 0 Å². The number of rotatable bonds is 9. The van der Waals surface area contributed by atoms with Gasteiger partial charge in [0.05, 0.1) is 13.2 Å². The highest BCUT2D eigenvalue weighted by Gasteiger charge is 2.20. The van der Waals surface area contributed by atoms with Crippen LogP contribution in [0.15, 0.2) is 23.2 Å². The zero-order chi connectivity index (χ0) is 20.4. The first kappa shape index (κ1) is 25.3. The summed E-state index contributed by atoms with van der Waals surface area (Å²) >= 11 is 0. The summed E-state index contributed by atoms with van der Waals surface area (Å²) < 4.78 is 11.8. The molecule has 1 aliphatic carbocycles. The molecule has 0 spiro atoms. The first-order valence-corrected chi connectivity index (χ1v) is 10.1.